The van der Waals surface area contributed by atoms with E-state index >= 15 is 0 Å². The number of rotatable bonds is 109. The van der Waals surface area contributed by atoms with Gasteiger partial charge in [-0.15, -0.1) is 0 Å². The molecular weight excluding hydrogens is 1710 g/mol. The Morgan fingerprint density at radius 1 is 0.209 bits per heavy atom. The smallest absolute Gasteiger partial charge is 0.384 e. The van der Waals surface area contributed by atoms with Crippen LogP contribution < -0.4 is 0 Å². The number of ether oxygens (including phenoxy) is 12. The molecule has 20 nitrogen and oxygen atoms in total. The second kappa shape index (κ2) is 93.3. The van der Waals surface area contributed by atoms with Gasteiger partial charge >= 0.3 is 17.7 Å². The Labute approximate surface area is 831 Å². The van der Waals surface area contributed by atoms with Crippen LogP contribution in [0.2, 0.25) is 0 Å². The summed E-state index contributed by atoms with van der Waals surface area (Å²) in [5.41, 5.74) is 0. The number of aliphatic hydroxyl groups excluding tert-OH is 3. The van der Waals surface area contributed by atoms with Crippen LogP contribution in [0.15, 0.2) is 0 Å². The van der Waals surface area contributed by atoms with E-state index in [-0.39, 0.29) is 58.0 Å². The molecule has 0 fully saturated rings. The van der Waals surface area contributed by atoms with Crippen LogP contribution in [0.4, 0.5) is 0 Å². The van der Waals surface area contributed by atoms with Gasteiger partial charge in [0.05, 0.1) is 112 Å². The van der Waals surface area contributed by atoms with Crippen LogP contribution >= 0.6 is 0 Å². The van der Waals surface area contributed by atoms with E-state index in [0.29, 0.717) is 136 Å². The summed E-state index contributed by atoms with van der Waals surface area (Å²) in [4.78, 5) is 0. The van der Waals surface area contributed by atoms with Crippen molar-refractivity contribution in [2.45, 2.75) is 639 Å². The number of aliphatic hydroxyl groups is 3. The molecule has 0 aliphatic carbocycles. The zero-order valence-electron chi connectivity index (χ0n) is 92.0. The highest BCUT2D eigenvalue weighted by molar-refractivity contribution is 7.80. The van der Waals surface area contributed by atoms with Crippen molar-refractivity contribution in [3.63, 3.8) is 0 Å². The van der Waals surface area contributed by atoms with Gasteiger partial charge in [-0.05, 0) is 135 Å². The number of unbranched alkanes of at least 4 members (excludes halogenated alkanes) is 48. The molecule has 3 N–H and O–H groups in total. The van der Waals surface area contributed by atoms with Gasteiger partial charge in [0.1, 0.15) is 0 Å². The molecule has 0 heterocycles. The van der Waals surface area contributed by atoms with E-state index in [1.165, 1.54) is 193 Å². The molecule has 0 rings (SSSR count). The monoisotopic (exact) mass is 1940 g/mol. The third kappa shape index (κ3) is 59.0. The zero-order chi connectivity index (χ0) is 99.4. The second-order valence-corrected chi connectivity index (χ2v) is 40.9. The summed E-state index contributed by atoms with van der Waals surface area (Å²) in [5.74, 6) is -11.7. The zero-order valence-corrected chi connectivity index (χ0v) is 92.8. The summed E-state index contributed by atoms with van der Waals surface area (Å²) < 4.78 is 129. The standard InChI is InChI=1S/C112H228NO15.CH4O4S/c1-17-32-35-38-41-47-56-65-74-83-104(114)86-77-68-59-50-44-53-62-71-80-89-107(117-92-20-4,118-93-21-5)110(123-98-26-10,124-99-27-11)113(16,111(125-100-28-12,126-101-29-13)108(119-94-22-6,120-95-23-7)90-81-72-63-54-45-51-60-69-78-87-105(115)84-75-66-57-48-42-39-36-33-18-2)112(127-102-30-14,128-103-31-15)109(121-96-24-8,122-97-25-9)91-82-73-64-55-46-52-61-70-79-88-106(116)85-76-67-58-49-43-40-37-34-19-3;1-5-6(2,3)4/h104-106,114-116H,17-103H2,1-16H3;1H3,(H,2,3,4)/q+1;/p-1. The molecule has 0 radical (unpaired) electrons. The van der Waals surface area contributed by atoms with E-state index in [2.05, 4.69) is 115 Å². The van der Waals surface area contributed by atoms with Crippen molar-refractivity contribution in [2.24, 2.45) is 0 Å². The van der Waals surface area contributed by atoms with Crippen molar-refractivity contribution in [1.82, 2.24) is 0 Å². The topological polar surface area (TPSA) is 238 Å². The summed E-state index contributed by atoms with van der Waals surface area (Å²) in [7, 11) is -1.43. The van der Waals surface area contributed by atoms with Gasteiger partial charge in [0.2, 0.25) is 10.4 Å². The average Bonchev–Trinajstić information content (AvgIpc) is 0.653. The molecule has 3 unspecified atom stereocenters. The first-order chi connectivity index (χ1) is 65.2. The first-order valence-electron chi connectivity index (χ1n) is 58.2. The average molecular weight is 1940 g/mol. The van der Waals surface area contributed by atoms with Crippen LogP contribution in [-0.4, -0.2) is 180 Å². The normalized spacial score (nSPS) is 13.9. The van der Waals surface area contributed by atoms with E-state index in [4.69, 9.17) is 56.8 Å². The van der Waals surface area contributed by atoms with Crippen molar-refractivity contribution < 1.29 is 93.8 Å². The minimum absolute atomic E-state index is 0.180. The third-order valence-corrected chi connectivity index (χ3v) is 27.1. The van der Waals surface area contributed by atoms with Gasteiger partial charge in [0.25, 0.3) is 17.4 Å². The molecule has 3 atom stereocenters. The fourth-order valence-corrected chi connectivity index (χ4v) is 19.2. The number of quaternary nitrogens is 1. The lowest BCUT2D eigenvalue weighted by Gasteiger charge is -2.69. The number of hydrogen-bond donors (Lipinski definition) is 3. The molecule has 134 heavy (non-hydrogen) atoms. The lowest BCUT2D eigenvalue weighted by molar-refractivity contribution is -1.18. The van der Waals surface area contributed by atoms with Crippen LogP contribution in [0, 0.1) is 0 Å². The number of likely N-dealkylation sites (N-methyl/N-ethyl adjacent to an activating group) is 1. The summed E-state index contributed by atoms with van der Waals surface area (Å²) in [5, 5.41) is 32.9. The molecule has 808 valence electrons. The van der Waals surface area contributed by atoms with Gasteiger partial charge in [-0.25, -0.2) is 8.42 Å². The molecule has 21 heteroatoms. The van der Waals surface area contributed by atoms with Crippen LogP contribution in [0.5, 0.6) is 0 Å². The molecule has 0 saturated heterocycles. The minimum Gasteiger partial charge on any atom is -0.726 e. The molecule has 0 spiro atoms. The second-order valence-electron chi connectivity index (χ2n) is 39.7. The maximum atomic E-state index is 11.0. The van der Waals surface area contributed by atoms with E-state index in [1.54, 1.807) is 0 Å². The highest BCUT2D eigenvalue weighted by Gasteiger charge is 2.91. The SMILES string of the molecule is CCCCCCCCCCCC(O)CCCCCCCCCCCC(OCCC)(OCCC)C(OCCC)(OCCC)[N+](C)(C(OCCC)(OCCC)C(CCCCCCCCCCCC(O)CCCCCCCCCCC)(OCCC)OCCC)C(OCCC)(OCCC)C(CCCCCCCCCCCC(O)CCCCCCCCCCC)(OCCC)OCCC.COS(=O)(=O)[O-]. The van der Waals surface area contributed by atoms with Crippen LogP contribution in [0.3, 0.4) is 0 Å². The Bertz CT molecular complexity index is 2220. The Morgan fingerprint density at radius 2 is 0.328 bits per heavy atom. The fourth-order valence-electron chi connectivity index (χ4n) is 19.2. The quantitative estimate of drug-likeness (QED) is 0.0169. The highest BCUT2D eigenvalue weighted by atomic mass is 32.3. The molecule has 0 aliphatic heterocycles. The van der Waals surface area contributed by atoms with Gasteiger partial charge < -0.3 is 48.3 Å². The number of hydrogen-bond acceptors (Lipinski definition) is 19. The lowest BCUT2D eigenvalue weighted by atomic mass is 9.88. The van der Waals surface area contributed by atoms with E-state index < -0.39 is 50.0 Å². The predicted molar refractivity (Wildman–Crippen MR) is 560 cm³/mol. The molecule has 0 bridgehead atoms. The molecule has 0 aromatic rings. The van der Waals surface area contributed by atoms with Crippen molar-refractivity contribution in [1.29, 1.82) is 0 Å². The molecular formula is C113H231NO19S. The Morgan fingerprint density at radius 3 is 0.455 bits per heavy atom. The maximum absolute atomic E-state index is 11.0. The fraction of sp³-hybridized carbons (Fsp3) is 1.00. The van der Waals surface area contributed by atoms with Crippen molar-refractivity contribution >= 4 is 10.4 Å². The molecule has 0 aromatic carbocycles. The van der Waals surface area contributed by atoms with Gasteiger partial charge in [-0.3, -0.25) is 32.6 Å². The van der Waals surface area contributed by atoms with Gasteiger partial charge in [0.15, 0.2) is 0 Å². The molecule has 0 amide bonds. The van der Waals surface area contributed by atoms with Crippen molar-refractivity contribution in [3.05, 3.63) is 0 Å². The van der Waals surface area contributed by atoms with Crippen LogP contribution in [0.25, 0.3) is 0 Å². The first kappa shape index (κ1) is 135. The Hall–Kier alpha value is -0.770. The molecule has 0 aliphatic rings. The summed E-state index contributed by atoms with van der Waals surface area (Å²) in [6, 6.07) is 0. The van der Waals surface area contributed by atoms with Crippen LogP contribution in [0.1, 0.15) is 585 Å². The Kier molecular flexibility index (Phi) is 94.2. The summed E-state index contributed by atoms with van der Waals surface area (Å²) in [6.45, 7) is 36.3. The summed E-state index contributed by atoms with van der Waals surface area (Å²) in [6.07, 6.45) is 78.1. The predicted octanol–water partition coefficient (Wildman–Crippen LogP) is 32.4. The third-order valence-electron chi connectivity index (χ3n) is 26.7. The van der Waals surface area contributed by atoms with Gasteiger partial charge in [-0.2, -0.15) is 4.48 Å². The van der Waals surface area contributed by atoms with E-state index in [0.717, 1.165) is 200 Å². The molecule has 0 aromatic heterocycles. The van der Waals surface area contributed by atoms with Crippen molar-refractivity contribution in [3.8, 4) is 0 Å². The first-order valence-corrected chi connectivity index (χ1v) is 59.6. The largest absolute Gasteiger partial charge is 0.726 e. The van der Waals surface area contributed by atoms with Crippen molar-refractivity contribution in [2.75, 3.05) is 93.4 Å². The Balaban J connectivity index is 0. The highest BCUT2D eigenvalue weighted by Crippen LogP contribution is 2.62. The minimum atomic E-state index is -4.41. The molecule has 0 saturated carbocycles. The van der Waals surface area contributed by atoms with E-state index in [9.17, 15) is 28.3 Å². The van der Waals surface area contributed by atoms with Crippen LogP contribution in [-0.2, 0) is 71.4 Å². The number of nitrogens with zero attached hydrogens (tertiary/aromatic N) is 1. The van der Waals surface area contributed by atoms with E-state index in [1.807, 2.05) is 0 Å². The summed E-state index contributed by atoms with van der Waals surface area (Å²) >= 11 is 0. The maximum Gasteiger partial charge on any atom is 0.384 e. The van der Waals surface area contributed by atoms with Gasteiger partial charge in [0, 0.05) is 19.3 Å². The lowest BCUT2D eigenvalue weighted by Crippen LogP contribution is -2.96. The van der Waals surface area contributed by atoms with Gasteiger partial charge in [-0.1, -0.05) is 431 Å².